The zero-order valence-corrected chi connectivity index (χ0v) is 26.3. The molecular weight excluding hydrogens is 554 g/mol. The second kappa shape index (κ2) is 19.0. The molecule has 0 aromatic heterocycles. The Balaban J connectivity index is 0.00000507. The first-order chi connectivity index (χ1) is 18.1. The maximum absolute atomic E-state index is 11.3. The fourth-order valence-corrected chi connectivity index (χ4v) is 6.10. The Bertz CT molecular complexity index is 1040. The summed E-state index contributed by atoms with van der Waals surface area (Å²) < 4.78 is 1.12. The van der Waals surface area contributed by atoms with Crippen molar-refractivity contribution in [3.8, 4) is 0 Å². The monoisotopic (exact) mass is 603 g/mol. The highest BCUT2D eigenvalue weighted by molar-refractivity contribution is 9.10. The van der Waals surface area contributed by atoms with Gasteiger partial charge in [0.1, 0.15) is 0 Å². The fraction of sp³-hybridized carbons (Fsp3) is 0.588. The van der Waals surface area contributed by atoms with Crippen LogP contribution in [0.2, 0.25) is 0 Å². The summed E-state index contributed by atoms with van der Waals surface area (Å²) in [5.41, 5.74) is 1.03. The molecule has 0 aliphatic carbocycles. The van der Waals surface area contributed by atoms with Crippen LogP contribution in [-0.2, 0) is 0 Å². The van der Waals surface area contributed by atoms with Crippen LogP contribution in [0.1, 0.15) is 115 Å². The van der Waals surface area contributed by atoms with Crippen molar-refractivity contribution in [3.63, 3.8) is 0 Å². The van der Waals surface area contributed by atoms with Crippen LogP contribution in [0, 0.1) is 0 Å². The van der Waals surface area contributed by atoms with E-state index < -0.39 is 6.10 Å². The van der Waals surface area contributed by atoms with Gasteiger partial charge in [-0.25, -0.2) is 0 Å². The summed E-state index contributed by atoms with van der Waals surface area (Å²) in [5.74, 6) is 0. The number of aliphatic hydroxyl groups excluding tert-OH is 1. The maximum atomic E-state index is 11.3. The molecule has 0 heterocycles. The van der Waals surface area contributed by atoms with Gasteiger partial charge in [0.15, 0.2) is 0 Å². The van der Waals surface area contributed by atoms with Crippen molar-refractivity contribution in [2.24, 2.45) is 0 Å². The molecule has 0 aliphatic rings. The lowest BCUT2D eigenvalue weighted by atomic mass is 9.98. The third-order valence-electron chi connectivity index (χ3n) is 7.81. The minimum absolute atomic E-state index is 0. The molecule has 3 aromatic carbocycles. The summed E-state index contributed by atoms with van der Waals surface area (Å²) in [6.07, 6.45) is 18.2. The Kier molecular flexibility index (Phi) is 16.6. The third kappa shape index (κ3) is 10.8. The number of nitrogens with zero attached hydrogens (tertiary/aromatic N) is 1. The molecule has 1 atom stereocenters. The molecule has 0 bridgehead atoms. The second-order valence-electron chi connectivity index (χ2n) is 10.9. The first-order valence-corrected chi connectivity index (χ1v) is 15.9. The number of rotatable bonds is 19. The van der Waals surface area contributed by atoms with Crippen molar-refractivity contribution in [1.29, 1.82) is 0 Å². The zero-order valence-electron chi connectivity index (χ0n) is 23.9. The van der Waals surface area contributed by atoms with E-state index in [4.69, 9.17) is 0 Å². The van der Waals surface area contributed by atoms with Crippen molar-refractivity contribution in [2.45, 2.75) is 110 Å². The average Bonchev–Trinajstić information content (AvgIpc) is 2.91. The van der Waals surface area contributed by atoms with Crippen LogP contribution >= 0.6 is 28.3 Å². The van der Waals surface area contributed by atoms with Crippen molar-refractivity contribution in [2.75, 3.05) is 19.6 Å². The fourth-order valence-electron chi connectivity index (χ4n) is 5.51. The van der Waals surface area contributed by atoms with Gasteiger partial charge in [0.25, 0.3) is 0 Å². The van der Waals surface area contributed by atoms with E-state index in [1.807, 2.05) is 0 Å². The molecule has 0 saturated carbocycles. The normalized spacial score (nSPS) is 12.3. The van der Waals surface area contributed by atoms with Crippen LogP contribution in [0.15, 0.2) is 53.0 Å². The lowest BCUT2D eigenvalue weighted by molar-refractivity contribution is 0.110. The average molecular weight is 605 g/mol. The van der Waals surface area contributed by atoms with Gasteiger partial charge in [0.05, 0.1) is 6.10 Å². The molecule has 0 fully saturated rings. The van der Waals surface area contributed by atoms with Gasteiger partial charge in [0, 0.05) is 11.0 Å². The van der Waals surface area contributed by atoms with Crippen molar-refractivity contribution < 1.29 is 5.11 Å². The van der Waals surface area contributed by atoms with Gasteiger partial charge in [0.2, 0.25) is 0 Å². The van der Waals surface area contributed by atoms with E-state index in [0.717, 1.165) is 29.7 Å². The molecule has 212 valence electrons. The van der Waals surface area contributed by atoms with E-state index >= 15 is 0 Å². The van der Waals surface area contributed by atoms with Gasteiger partial charge < -0.3 is 10.0 Å². The van der Waals surface area contributed by atoms with E-state index in [-0.39, 0.29) is 12.4 Å². The Hall–Kier alpha value is -1.13. The van der Waals surface area contributed by atoms with Gasteiger partial charge in [-0.1, -0.05) is 143 Å². The molecule has 4 heteroatoms. The summed E-state index contributed by atoms with van der Waals surface area (Å²) >= 11 is 3.74. The molecule has 2 nitrogen and oxygen atoms in total. The molecule has 3 rings (SSSR count). The third-order valence-corrected chi connectivity index (χ3v) is 8.46. The molecule has 0 saturated heterocycles. The van der Waals surface area contributed by atoms with E-state index in [1.165, 1.54) is 111 Å². The van der Waals surface area contributed by atoms with Gasteiger partial charge >= 0.3 is 0 Å². The summed E-state index contributed by atoms with van der Waals surface area (Å²) in [6.45, 7) is 7.49. The number of halogens is 2. The van der Waals surface area contributed by atoms with Crippen molar-refractivity contribution in [1.82, 2.24) is 4.90 Å². The molecular formula is C34H51BrClNO. The minimum atomic E-state index is -0.457. The highest BCUT2D eigenvalue weighted by Gasteiger charge is 2.15. The number of aliphatic hydroxyl groups is 1. The zero-order chi connectivity index (χ0) is 26.3. The summed E-state index contributed by atoms with van der Waals surface area (Å²) in [4.78, 5) is 2.53. The van der Waals surface area contributed by atoms with Crippen LogP contribution in [-0.4, -0.2) is 29.6 Å². The molecule has 38 heavy (non-hydrogen) atoms. The predicted octanol–water partition coefficient (Wildman–Crippen LogP) is 11.0. The van der Waals surface area contributed by atoms with Gasteiger partial charge in [-0.2, -0.15) is 0 Å². The second-order valence-corrected chi connectivity index (χ2v) is 11.8. The molecule has 0 aliphatic heterocycles. The van der Waals surface area contributed by atoms with Gasteiger partial charge in [-0.3, -0.25) is 0 Å². The topological polar surface area (TPSA) is 23.5 Å². The van der Waals surface area contributed by atoms with E-state index in [2.05, 4.69) is 83.2 Å². The molecule has 0 amide bonds. The first-order valence-electron chi connectivity index (χ1n) is 15.1. The largest absolute Gasteiger partial charge is 0.387 e. The summed E-state index contributed by atoms with van der Waals surface area (Å²) in [5, 5.41) is 16.2. The Morgan fingerprint density at radius 1 is 0.658 bits per heavy atom. The van der Waals surface area contributed by atoms with Crippen LogP contribution in [0.5, 0.6) is 0 Å². The molecule has 3 aromatic rings. The van der Waals surface area contributed by atoms with E-state index in [9.17, 15) is 5.11 Å². The predicted molar refractivity (Wildman–Crippen MR) is 174 cm³/mol. The van der Waals surface area contributed by atoms with Crippen LogP contribution in [0.4, 0.5) is 0 Å². The summed E-state index contributed by atoms with van der Waals surface area (Å²) in [7, 11) is 0. The van der Waals surface area contributed by atoms with Crippen LogP contribution in [0.25, 0.3) is 21.5 Å². The highest BCUT2D eigenvalue weighted by Crippen LogP contribution is 2.33. The van der Waals surface area contributed by atoms with Crippen molar-refractivity contribution in [3.05, 3.63) is 58.6 Å². The lowest BCUT2D eigenvalue weighted by Gasteiger charge is -2.26. The number of fused-ring (bicyclic) bond motifs is 3. The minimum Gasteiger partial charge on any atom is -0.387 e. The first kappa shape index (κ1) is 33.1. The molecule has 0 radical (unpaired) electrons. The Morgan fingerprint density at radius 2 is 1.18 bits per heavy atom. The van der Waals surface area contributed by atoms with E-state index in [1.54, 1.807) is 0 Å². The molecule has 1 unspecified atom stereocenters. The Morgan fingerprint density at radius 3 is 1.76 bits per heavy atom. The van der Waals surface area contributed by atoms with Crippen molar-refractivity contribution >= 4 is 49.9 Å². The standard InChI is InChI=1S/C34H50BrNO.ClH/c1-3-5-7-9-11-13-17-23-36(24-18-14-12-10-8-6-4-2)27-34(37)29-22-21-28-26-33(35)31-20-16-15-19-30(31)32(28)25-29;/h15-16,19-22,25-26,34,37H,3-14,17-18,23-24,27H2,1-2H3;1H. The number of unbranched alkanes of at least 4 members (excludes halogenated alkanes) is 12. The summed E-state index contributed by atoms with van der Waals surface area (Å²) in [6, 6.07) is 17.2. The number of hydrogen-bond acceptors (Lipinski definition) is 2. The highest BCUT2D eigenvalue weighted by atomic mass is 79.9. The number of benzene rings is 3. The molecule has 1 N–H and O–H groups in total. The number of hydrogen-bond donors (Lipinski definition) is 1. The lowest BCUT2D eigenvalue weighted by Crippen LogP contribution is -2.31. The SMILES string of the molecule is CCCCCCCCCN(CCCCCCCCC)CC(O)c1ccc2cc(Br)c3ccccc3c2c1.Cl. The van der Waals surface area contributed by atoms with E-state index in [0.29, 0.717) is 0 Å². The van der Waals surface area contributed by atoms with Crippen LogP contribution < -0.4 is 0 Å². The van der Waals surface area contributed by atoms with Crippen LogP contribution in [0.3, 0.4) is 0 Å². The quantitative estimate of drug-likeness (QED) is 0.109. The molecule has 0 spiro atoms. The Labute approximate surface area is 247 Å². The smallest absolute Gasteiger partial charge is 0.0917 e. The maximum Gasteiger partial charge on any atom is 0.0917 e. The van der Waals surface area contributed by atoms with Gasteiger partial charge in [-0.15, -0.1) is 12.4 Å². The van der Waals surface area contributed by atoms with Gasteiger partial charge in [-0.05, 0) is 65.2 Å².